The summed E-state index contributed by atoms with van der Waals surface area (Å²) in [5.41, 5.74) is 0.585. The molecule has 0 amide bonds. The van der Waals surface area contributed by atoms with E-state index in [0.29, 0.717) is 30.8 Å². The van der Waals surface area contributed by atoms with Crippen LogP contribution in [0.15, 0.2) is 23.1 Å². The Kier molecular flexibility index (Phi) is 8.12. The molecule has 0 aliphatic rings. The minimum atomic E-state index is -4.21. The Morgan fingerprint density at radius 3 is 2.45 bits per heavy atom. The highest BCUT2D eigenvalue weighted by Gasteiger charge is 2.15. The first-order valence-corrected chi connectivity index (χ1v) is 9.10. The van der Waals surface area contributed by atoms with Gasteiger partial charge in [0.2, 0.25) is 0 Å². The summed E-state index contributed by atoms with van der Waals surface area (Å²) in [6, 6.07) is 4.62. The summed E-state index contributed by atoms with van der Waals surface area (Å²) >= 11 is 0. The Labute approximate surface area is 132 Å². The van der Waals surface area contributed by atoms with Crippen molar-refractivity contribution in [1.29, 1.82) is 0 Å². The molecule has 5 nitrogen and oxygen atoms in total. The molecular formula is C16H24O5S. The van der Waals surface area contributed by atoms with Gasteiger partial charge in [0.1, 0.15) is 12.0 Å². The fourth-order valence-corrected chi connectivity index (χ4v) is 3.07. The van der Waals surface area contributed by atoms with Crippen molar-refractivity contribution in [2.75, 3.05) is 6.61 Å². The largest absolute Gasteiger partial charge is 0.494 e. The molecule has 0 unspecified atom stereocenters. The number of aryl methyl sites for hydroxylation is 1. The van der Waals surface area contributed by atoms with Crippen LogP contribution in [0.25, 0.3) is 0 Å². The second kappa shape index (κ2) is 9.58. The molecule has 0 aromatic heterocycles. The number of ether oxygens (including phenoxy) is 1. The minimum Gasteiger partial charge on any atom is -0.494 e. The summed E-state index contributed by atoms with van der Waals surface area (Å²) in [7, 11) is -4.21. The Hall–Kier alpha value is -1.40. The van der Waals surface area contributed by atoms with Crippen LogP contribution in [0.3, 0.4) is 0 Å². The van der Waals surface area contributed by atoms with E-state index in [-0.39, 0.29) is 4.90 Å². The van der Waals surface area contributed by atoms with E-state index >= 15 is 0 Å². The van der Waals surface area contributed by atoms with Gasteiger partial charge in [-0.05, 0) is 49.9 Å². The number of carbonyl (C=O) groups is 1. The summed E-state index contributed by atoms with van der Waals surface area (Å²) in [6.45, 7) is 2.36. The quantitative estimate of drug-likeness (QED) is 0.382. The van der Waals surface area contributed by atoms with E-state index in [1.165, 1.54) is 6.07 Å². The molecule has 0 radical (unpaired) electrons. The summed E-state index contributed by atoms with van der Waals surface area (Å²) in [4.78, 5) is 10.2. The van der Waals surface area contributed by atoms with Crippen LogP contribution in [0.4, 0.5) is 0 Å². The van der Waals surface area contributed by atoms with Crippen LogP contribution in [-0.2, 0) is 21.3 Å². The smallest absolute Gasteiger partial charge is 0.294 e. The fourth-order valence-electron chi connectivity index (χ4n) is 2.33. The van der Waals surface area contributed by atoms with Gasteiger partial charge >= 0.3 is 0 Å². The zero-order valence-electron chi connectivity index (χ0n) is 13.0. The van der Waals surface area contributed by atoms with Crippen molar-refractivity contribution >= 4 is 16.4 Å². The molecule has 1 N–H and O–H groups in total. The molecule has 124 valence electrons. The summed E-state index contributed by atoms with van der Waals surface area (Å²) in [5.74, 6) is 0.607. The van der Waals surface area contributed by atoms with E-state index in [2.05, 4.69) is 0 Å². The lowest BCUT2D eigenvalue weighted by Crippen LogP contribution is -2.04. The van der Waals surface area contributed by atoms with E-state index < -0.39 is 10.1 Å². The molecule has 22 heavy (non-hydrogen) atoms. The van der Waals surface area contributed by atoms with Crippen molar-refractivity contribution in [1.82, 2.24) is 0 Å². The lowest BCUT2D eigenvalue weighted by Gasteiger charge is -2.10. The third-order valence-corrected chi connectivity index (χ3v) is 4.34. The number of aldehydes is 1. The maximum atomic E-state index is 11.4. The van der Waals surface area contributed by atoms with Gasteiger partial charge in [0.05, 0.1) is 11.5 Å². The van der Waals surface area contributed by atoms with Gasteiger partial charge in [-0.15, -0.1) is 0 Å². The maximum Gasteiger partial charge on any atom is 0.294 e. The Morgan fingerprint density at radius 2 is 1.82 bits per heavy atom. The van der Waals surface area contributed by atoms with Gasteiger partial charge in [0.15, 0.2) is 0 Å². The standard InChI is InChI=1S/C16H24O5S/c1-2-21-15-10-11-16(22(18,19)20)14(13-15)9-7-5-3-4-6-8-12-17/h10-13H,2-9H2,1H3,(H,18,19,20). The highest BCUT2D eigenvalue weighted by Crippen LogP contribution is 2.24. The number of unbranched alkanes of at least 4 members (excludes halogenated alkanes) is 5. The van der Waals surface area contributed by atoms with Crippen molar-refractivity contribution in [3.05, 3.63) is 23.8 Å². The zero-order valence-corrected chi connectivity index (χ0v) is 13.8. The molecule has 0 aliphatic heterocycles. The molecule has 0 aliphatic carbocycles. The Balaban J connectivity index is 2.62. The number of rotatable bonds is 11. The monoisotopic (exact) mass is 328 g/mol. The lowest BCUT2D eigenvalue weighted by atomic mass is 10.0. The van der Waals surface area contributed by atoms with Crippen LogP contribution in [0.1, 0.15) is 51.0 Å². The van der Waals surface area contributed by atoms with Crippen LogP contribution >= 0.6 is 0 Å². The Bertz CT molecular complexity index is 566. The molecule has 1 aromatic carbocycles. The number of hydrogen-bond acceptors (Lipinski definition) is 4. The van der Waals surface area contributed by atoms with E-state index in [4.69, 9.17) is 4.74 Å². The molecular weight excluding hydrogens is 304 g/mol. The minimum absolute atomic E-state index is 0.0445. The topological polar surface area (TPSA) is 80.7 Å². The first-order chi connectivity index (χ1) is 10.5. The van der Waals surface area contributed by atoms with Crippen LogP contribution in [0.5, 0.6) is 5.75 Å². The molecule has 0 atom stereocenters. The molecule has 0 bridgehead atoms. The lowest BCUT2D eigenvalue weighted by molar-refractivity contribution is -0.107. The predicted molar refractivity (Wildman–Crippen MR) is 84.9 cm³/mol. The van der Waals surface area contributed by atoms with Gasteiger partial charge in [0.25, 0.3) is 10.1 Å². The first-order valence-electron chi connectivity index (χ1n) is 7.66. The average Bonchev–Trinajstić information content (AvgIpc) is 2.45. The fraction of sp³-hybridized carbons (Fsp3) is 0.562. The molecule has 1 rings (SSSR count). The van der Waals surface area contributed by atoms with Gasteiger partial charge < -0.3 is 9.53 Å². The first kappa shape index (κ1) is 18.6. The van der Waals surface area contributed by atoms with Crippen molar-refractivity contribution in [3.8, 4) is 5.75 Å². The second-order valence-corrected chi connectivity index (χ2v) is 6.54. The third-order valence-electron chi connectivity index (χ3n) is 3.39. The summed E-state index contributed by atoms with van der Waals surface area (Å²) in [5, 5.41) is 0. The predicted octanol–water partition coefficient (Wildman–Crippen LogP) is 3.41. The molecule has 0 heterocycles. The van der Waals surface area contributed by atoms with Crippen molar-refractivity contribution in [3.63, 3.8) is 0 Å². The van der Waals surface area contributed by atoms with Gasteiger partial charge in [-0.2, -0.15) is 8.42 Å². The molecule has 0 spiro atoms. The SMILES string of the molecule is CCOc1ccc(S(=O)(=O)O)c(CCCCCCCC=O)c1. The van der Waals surface area contributed by atoms with Gasteiger partial charge in [-0.3, -0.25) is 4.55 Å². The summed E-state index contributed by atoms with van der Waals surface area (Å²) in [6.07, 6.45) is 6.81. The van der Waals surface area contributed by atoms with Gasteiger partial charge in [-0.25, -0.2) is 0 Å². The Morgan fingerprint density at radius 1 is 1.14 bits per heavy atom. The number of carbonyl (C=O) groups excluding carboxylic acids is 1. The van der Waals surface area contributed by atoms with Crippen molar-refractivity contribution in [2.45, 2.75) is 56.8 Å². The molecule has 1 aromatic rings. The molecule has 0 fully saturated rings. The van der Waals surface area contributed by atoms with Crippen LogP contribution < -0.4 is 4.74 Å². The van der Waals surface area contributed by atoms with Crippen LogP contribution in [-0.4, -0.2) is 25.9 Å². The second-order valence-electron chi connectivity index (χ2n) is 5.15. The molecule has 0 saturated heterocycles. The molecule has 6 heteroatoms. The molecule has 0 saturated carbocycles. The van der Waals surface area contributed by atoms with Crippen LogP contribution in [0, 0.1) is 0 Å². The normalized spacial score (nSPS) is 11.4. The maximum absolute atomic E-state index is 11.4. The van der Waals surface area contributed by atoms with E-state index in [9.17, 15) is 17.8 Å². The van der Waals surface area contributed by atoms with Gasteiger partial charge in [0, 0.05) is 6.42 Å². The van der Waals surface area contributed by atoms with E-state index in [1.54, 1.807) is 12.1 Å². The van der Waals surface area contributed by atoms with Crippen molar-refractivity contribution in [2.24, 2.45) is 0 Å². The zero-order chi connectivity index (χ0) is 16.4. The van der Waals surface area contributed by atoms with Gasteiger partial charge in [-0.1, -0.05) is 19.3 Å². The summed E-state index contributed by atoms with van der Waals surface area (Å²) < 4.78 is 37.5. The van der Waals surface area contributed by atoms with Crippen molar-refractivity contribution < 1.29 is 22.5 Å². The highest BCUT2D eigenvalue weighted by molar-refractivity contribution is 7.85. The third kappa shape index (κ3) is 6.58. The van der Waals surface area contributed by atoms with E-state index in [1.807, 2.05) is 6.92 Å². The average molecular weight is 328 g/mol. The number of benzene rings is 1. The highest BCUT2D eigenvalue weighted by atomic mass is 32.2. The number of hydrogen-bond donors (Lipinski definition) is 1. The van der Waals surface area contributed by atoms with Crippen LogP contribution in [0.2, 0.25) is 0 Å². The van der Waals surface area contributed by atoms with E-state index in [0.717, 1.165) is 38.4 Å².